The molecule has 0 aromatic carbocycles. The summed E-state index contributed by atoms with van der Waals surface area (Å²) in [5.74, 6) is 1.99. The molecule has 0 aliphatic carbocycles. The van der Waals surface area contributed by atoms with Crippen molar-refractivity contribution in [1.82, 2.24) is 15.5 Å². The maximum absolute atomic E-state index is 11.6. The van der Waals surface area contributed by atoms with Crippen molar-refractivity contribution in [3.05, 3.63) is 0 Å². The summed E-state index contributed by atoms with van der Waals surface area (Å²) in [6.07, 6.45) is 2.63. The number of rotatable bonds is 4. The van der Waals surface area contributed by atoms with Crippen molar-refractivity contribution in [2.45, 2.75) is 18.9 Å². The Morgan fingerprint density at radius 3 is 2.93 bits per heavy atom. The van der Waals surface area contributed by atoms with Gasteiger partial charge in [-0.3, -0.25) is 10.1 Å². The van der Waals surface area contributed by atoms with Gasteiger partial charge in [-0.25, -0.2) is 0 Å². The molecule has 86 valence electrons. The molecule has 2 aliphatic heterocycles. The SMILES string of the molecule is O=C(NCCN1CCCC1)C1CSCN1. The Balaban J connectivity index is 1.58. The number of hydrogen-bond acceptors (Lipinski definition) is 4. The average Bonchev–Trinajstić information content (AvgIpc) is 2.90. The van der Waals surface area contributed by atoms with Crippen LogP contribution in [0.15, 0.2) is 0 Å². The molecule has 4 nitrogen and oxygen atoms in total. The number of nitrogens with one attached hydrogen (secondary N) is 2. The lowest BCUT2D eigenvalue weighted by Crippen LogP contribution is -2.44. The average molecular weight is 229 g/mol. The number of carbonyl (C=O) groups excluding carboxylic acids is 1. The summed E-state index contributed by atoms with van der Waals surface area (Å²) in [5, 5.41) is 6.17. The van der Waals surface area contributed by atoms with Crippen molar-refractivity contribution < 1.29 is 4.79 Å². The fourth-order valence-corrected chi connectivity index (χ4v) is 2.97. The lowest BCUT2D eigenvalue weighted by atomic mass is 10.3. The number of carbonyl (C=O) groups is 1. The monoisotopic (exact) mass is 229 g/mol. The summed E-state index contributed by atoms with van der Waals surface area (Å²) in [7, 11) is 0. The summed E-state index contributed by atoms with van der Waals surface area (Å²) < 4.78 is 0. The quantitative estimate of drug-likeness (QED) is 0.704. The molecule has 2 N–H and O–H groups in total. The van der Waals surface area contributed by atoms with Crippen molar-refractivity contribution in [2.75, 3.05) is 37.8 Å². The second kappa shape index (κ2) is 5.72. The van der Waals surface area contributed by atoms with E-state index in [0.717, 1.165) is 24.7 Å². The Bertz CT molecular complexity index is 213. The molecular weight excluding hydrogens is 210 g/mol. The number of hydrogen-bond donors (Lipinski definition) is 2. The molecule has 1 amide bonds. The van der Waals surface area contributed by atoms with Gasteiger partial charge in [-0.05, 0) is 25.9 Å². The highest BCUT2D eigenvalue weighted by Gasteiger charge is 2.22. The van der Waals surface area contributed by atoms with E-state index in [9.17, 15) is 4.79 Å². The molecule has 2 rings (SSSR count). The van der Waals surface area contributed by atoms with Gasteiger partial charge in [0, 0.05) is 24.7 Å². The number of likely N-dealkylation sites (tertiary alicyclic amines) is 1. The van der Waals surface area contributed by atoms with Crippen molar-refractivity contribution >= 4 is 17.7 Å². The van der Waals surface area contributed by atoms with E-state index in [0.29, 0.717) is 0 Å². The van der Waals surface area contributed by atoms with Gasteiger partial charge >= 0.3 is 0 Å². The number of amides is 1. The summed E-state index contributed by atoms with van der Waals surface area (Å²) in [4.78, 5) is 14.0. The molecule has 1 atom stereocenters. The minimum atomic E-state index is 0.0357. The van der Waals surface area contributed by atoms with E-state index in [1.54, 1.807) is 11.8 Å². The van der Waals surface area contributed by atoms with Gasteiger partial charge in [-0.2, -0.15) is 0 Å². The third kappa shape index (κ3) is 3.36. The molecule has 2 fully saturated rings. The predicted octanol–water partition coefficient (Wildman–Crippen LogP) is -0.139. The van der Waals surface area contributed by atoms with Crippen LogP contribution in [0.2, 0.25) is 0 Å². The highest BCUT2D eigenvalue weighted by Crippen LogP contribution is 2.09. The molecule has 5 heteroatoms. The van der Waals surface area contributed by atoms with Gasteiger partial charge in [-0.1, -0.05) is 0 Å². The minimum Gasteiger partial charge on any atom is -0.353 e. The smallest absolute Gasteiger partial charge is 0.238 e. The number of thioether (sulfide) groups is 1. The Labute approximate surface area is 95.2 Å². The van der Waals surface area contributed by atoms with Crippen molar-refractivity contribution in [3.63, 3.8) is 0 Å². The Hall–Kier alpha value is -0.260. The van der Waals surface area contributed by atoms with Gasteiger partial charge in [0.15, 0.2) is 0 Å². The van der Waals surface area contributed by atoms with Crippen LogP contribution in [0.1, 0.15) is 12.8 Å². The van der Waals surface area contributed by atoms with Crippen molar-refractivity contribution in [3.8, 4) is 0 Å². The van der Waals surface area contributed by atoms with Crippen LogP contribution in [-0.2, 0) is 4.79 Å². The van der Waals surface area contributed by atoms with Crippen molar-refractivity contribution in [1.29, 1.82) is 0 Å². The van der Waals surface area contributed by atoms with Gasteiger partial charge in [-0.15, -0.1) is 11.8 Å². The fourth-order valence-electron chi connectivity index (χ4n) is 2.03. The van der Waals surface area contributed by atoms with Gasteiger partial charge < -0.3 is 10.2 Å². The lowest BCUT2D eigenvalue weighted by Gasteiger charge is -2.16. The molecule has 2 heterocycles. The molecule has 1 unspecified atom stereocenters. The maximum atomic E-state index is 11.6. The van der Waals surface area contributed by atoms with E-state index < -0.39 is 0 Å². The van der Waals surface area contributed by atoms with E-state index >= 15 is 0 Å². The van der Waals surface area contributed by atoms with Crippen molar-refractivity contribution in [2.24, 2.45) is 0 Å². The second-order valence-electron chi connectivity index (χ2n) is 4.11. The van der Waals surface area contributed by atoms with E-state index in [4.69, 9.17) is 0 Å². The van der Waals surface area contributed by atoms with Gasteiger partial charge in [0.2, 0.25) is 5.91 Å². The van der Waals surface area contributed by atoms with E-state index in [1.165, 1.54) is 25.9 Å². The Kier molecular flexibility index (Phi) is 4.29. The molecule has 2 saturated heterocycles. The van der Waals surface area contributed by atoms with Crippen LogP contribution < -0.4 is 10.6 Å². The first-order valence-corrected chi connectivity index (χ1v) is 6.83. The lowest BCUT2D eigenvalue weighted by molar-refractivity contribution is -0.122. The highest BCUT2D eigenvalue weighted by atomic mass is 32.2. The first-order valence-electron chi connectivity index (χ1n) is 5.67. The number of nitrogens with zero attached hydrogens (tertiary/aromatic N) is 1. The molecule has 0 aromatic heterocycles. The molecule has 0 bridgehead atoms. The molecule has 2 aliphatic rings. The standard InChI is InChI=1S/C10H19N3OS/c14-10(9-7-15-8-12-9)11-3-6-13-4-1-2-5-13/h9,12H,1-8H2,(H,11,14). The largest absolute Gasteiger partial charge is 0.353 e. The Morgan fingerprint density at radius 2 is 2.27 bits per heavy atom. The van der Waals surface area contributed by atoms with E-state index in [-0.39, 0.29) is 11.9 Å². The first-order chi connectivity index (χ1) is 7.36. The zero-order valence-corrected chi connectivity index (χ0v) is 9.81. The van der Waals surface area contributed by atoms with Crippen LogP contribution in [0, 0.1) is 0 Å². The highest BCUT2D eigenvalue weighted by molar-refractivity contribution is 7.99. The summed E-state index contributed by atoms with van der Waals surface area (Å²) in [6.45, 7) is 4.20. The molecule has 0 radical (unpaired) electrons. The van der Waals surface area contributed by atoms with Gasteiger partial charge in [0.05, 0.1) is 6.04 Å². The second-order valence-corrected chi connectivity index (χ2v) is 5.14. The summed E-state index contributed by atoms with van der Waals surface area (Å²) in [5.41, 5.74) is 0. The van der Waals surface area contributed by atoms with Gasteiger partial charge in [0.1, 0.15) is 0 Å². The summed E-state index contributed by atoms with van der Waals surface area (Å²) >= 11 is 1.79. The Morgan fingerprint density at radius 1 is 1.47 bits per heavy atom. The third-order valence-corrected chi connectivity index (χ3v) is 3.90. The molecule has 0 aromatic rings. The van der Waals surface area contributed by atoms with Crippen LogP contribution in [0.5, 0.6) is 0 Å². The maximum Gasteiger partial charge on any atom is 0.238 e. The third-order valence-electron chi connectivity index (χ3n) is 2.96. The minimum absolute atomic E-state index is 0.0357. The molecular formula is C10H19N3OS. The van der Waals surface area contributed by atoms with Crippen LogP contribution in [0.25, 0.3) is 0 Å². The van der Waals surface area contributed by atoms with E-state index in [2.05, 4.69) is 15.5 Å². The predicted molar refractivity (Wildman–Crippen MR) is 62.9 cm³/mol. The van der Waals surface area contributed by atoms with Crippen LogP contribution in [0.3, 0.4) is 0 Å². The van der Waals surface area contributed by atoms with Gasteiger partial charge in [0.25, 0.3) is 0 Å². The topological polar surface area (TPSA) is 44.4 Å². The first kappa shape index (κ1) is 11.2. The zero-order valence-electron chi connectivity index (χ0n) is 9.00. The summed E-state index contributed by atoms with van der Waals surface area (Å²) in [6, 6.07) is 0.0357. The normalized spacial score (nSPS) is 27.1. The molecule has 0 saturated carbocycles. The zero-order chi connectivity index (χ0) is 10.5. The van der Waals surface area contributed by atoms with E-state index in [1.807, 2.05) is 0 Å². The van der Waals surface area contributed by atoms with Crippen LogP contribution >= 0.6 is 11.8 Å². The molecule has 0 spiro atoms. The molecule has 15 heavy (non-hydrogen) atoms. The fraction of sp³-hybridized carbons (Fsp3) is 0.900. The van der Waals surface area contributed by atoms with Crippen LogP contribution in [0.4, 0.5) is 0 Å². The van der Waals surface area contributed by atoms with Crippen LogP contribution in [-0.4, -0.2) is 54.7 Å².